The molecule has 1 fully saturated rings. The van der Waals surface area contributed by atoms with Gasteiger partial charge in [-0.15, -0.1) is 0 Å². The molecule has 1 unspecified atom stereocenters. The van der Waals surface area contributed by atoms with Gasteiger partial charge in [-0.05, 0) is 55.9 Å². The maximum Gasteiger partial charge on any atom is 0.225 e. The summed E-state index contributed by atoms with van der Waals surface area (Å²) < 4.78 is 29.1. The van der Waals surface area contributed by atoms with E-state index in [9.17, 15) is 8.76 Å². The molecule has 1 heterocycles. The molecule has 0 radical (unpaired) electrons. The molecule has 0 saturated heterocycles. The average molecular weight is 334 g/mol. The highest BCUT2D eigenvalue weighted by atomic mass is 32.2. The minimum Gasteiger partial charge on any atom is -0.760 e. The average Bonchev–Trinajstić information content (AvgIpc) is 3.09. The van der Waals surface area contributed by atoms with E-state index < -0.39 is 11.3 Å². The zero-order valence-electron chi connectivity index (χ0n) is 12.7. The van der Waals surface area contributed by atoms with Crippen LogP contribution >= 0.6 is 0 Å². The van der Waals surface area contributed by atoms with Crippen molar-refractivity contribution in [3.63, 3.8) is 0 Å². The van der Waals surface area contributed by atoms with E-state index in [0.717, 1.165) is 43.5 Å². The molecule has 1 atom stereocenters. The topological polar surface area (TPSA) is 90.2 Å². The van der Waals surface area contributed by atoms with Crippen molar-refractivity contribution in [1.82, 2.24) is 9.71 Å². The zero-order valence-corrected chi connectivity index (χ0v) is 13.6. The first-order chi connectivity index (χ1) is 11.2. The SMILES string of the molecule is O=S([O-])NC1CCC(CNc2ccc(-c3ncco3)cc2)CC1. The molecule has 0 aliphatic heterocycles. The van der Waals surface area contributed by atoms with Crippen molar-refractivity contribution in [2.45, 2.75) is 31.7 Å². The summed E-state index contributed by atoms with van der Waals surface area (Å²) in [6, 6.07) is 8.11. The van der Waals surface area contributed by atoms with Gasteiger partial charge in [0.1, 0.15) is 6.26 Å². The van der Waals surface area contributed by atoms with Crippen LogP contribution in [0.1, 0.15) is 25.7 Å². The fourth-order valence-corrected chi connectivity index (χ4v) is 3.49. The van der Waals surface area contributed by atoms with Gasteiger partial charge in [0, 0.05) is 35.1 Å². The van der Waals surface area contributed by atoms with Gasteiger partial charge in [0.15, 0.2) is 0 Å². The molecule has 1 aliphatic carbocycles. The molecule has 0 bridgehead atoms. The van der Waals surface area contributed by atoms with E-state index in [0.29, 0.717) is 11.8 Å². The molecule has 7 heteroatoms. The normalized spacial score (nSPS) is 22.7. The molecule has 1 saturated carbocycles. The summed E-state index contributed by atoms with van der Waals surface area (Å²) >= 11 is -2.15. The Morgan fingerprint density at radius 2 is 1.96 bits per heavy atom. The van der Waals surface area contributed by atoms with Gasteiger partial charge in [0.25, 0.3) is 0 Å². The summed E-state index contributed by atoms with van der Waals surface area (Å²) in [6.07, 6.45) is 7.09. The first kappa shape index (κ1) is 16.2. The first-order valence-corrected chi connectivity index (χ1v) is 8.87. The Morgan fingerprint density at radius 1 is 1.22 bits per heavy atom. The molecule has 2 N–H and O–H groups in total. The lowest BCUT2D eigenvalue weighted by Crippen LogP contribution is -2.35. The van der Waals surface area contributed by atoms with Crippen LogP contribution in [0.25, 0.3) is 11.5 Å². The van der Waals surface area contributed by atoms with Crippen LogP contribution < -0.4 is 10.0 Å². The van der Waals surface area contributed by atoms with E-state index in [4.69, 9.17) is 4.42 Å². The number of hydrogen-bond acceptors (Lipinski definition) is 5. The van der Waals surface area contributed by atoms with E-state index in [1.807, 2.05) is 24.3 Å². The predicted molar refractivity (Wildman–Crippen MR) is 88.2 cm³/mol. The summed E-state index contributed by atoms with van der Waals surface area (Å²) in [4.78, 5) is 4.13. The fraction of sp³-hybridized carbons (Fsp3) is 0.438. The molecular formula is C16H20N3O3S-. The molecule has 6 nitrogen and oxygen atoms in total. The molecule has 1 aromatic carbocycles. The van der Waals surface area contributed by atoms with Gasteiger partial charge in [-0.25, -0.2) is 9.71 Å². The van der Waals surface area contributed by atoms with Gasteiger partial charge in [-0.2, -0.15) is 0 Å². The van der Waals surface area contributed by atoms with Crippen molar-refractivity contribution >= 4 is 17.0 Å². The number of hydrogen-bond donors (Lipinski definition) is 2. The highest BCUT2D eigenvalue weighted by Crippen LogP contribution is 2.25. The molecule has 1 aliphatic rings. The first-order valence-electron chi connectivity index (χ1n) is 7.80. The molecule has 23 heavy (non-hydrogen) atoms. The summed E-state index contributed by atoms with van der Waals surface area (Å²) in [7, 11) is 0. The maximum absolute atomic E-state index is 10.6. The number of anilines is 1. The Morgan fingerprint density at radius 3 is 2.57 bits per heavy atom. The third-order valence-corrected chi connectivity index (χ3v) is 4.79. The van der Waals surface area contributed by atoms with Gasteiger partial charge in [0.2, 0.25) is 5.89 Å². The lowest BCUT2D eigenvalue weighted by Gasteiger charge is -2.29. The quantitative estimate of drug-likeness (QED) is 0.793. The second-order valence-electron chi connectivity index (χ2n) is 5.87. The smallest absolute Gasteiger partial charge is 0.225 e. The van der Waals surface area contributed by atoms with E-state index in [-0.39, 0.29) is 6.04 Å². The fourth-order valence-electron chi connectivity index (χ4n) is 2.98. The largest absolute Gasteiger partial charge is 0.760 e. The second-order valence-corrected chi connectivity index (χ2v) is 6.57. The van der Waals surface area contributed by atoms with Crippen LogP contribution in [0.3, 0.4) is 0 Å². The second kappa shape index (κ2) is 7.72. The number of nitrogens with zero attached hydrogens (tertiary/aromatic N) is 1. The van der Waals surface area contributed by atoms with Crippen LogP contribution in [-0.2, 0) is 11.3 Å². The monoisotopic (exact) mass is 334 g/mol. The van der Waals surface area contributed by atoms with Crippen LogP contribution in [0.4, 0.5) is 5.69 Å². The van der Waals surface area contributed by atoms with Crippen LogP contribution in [-0.4, -0.2) is 26.3 Å². The van der Waals surface area contributed by atoms with E-state index >= 15 is 0 Å². The lowest BCUT2D eigenvalue weighted by molar-refractivity contribution is 0.322. The molecule has 0 spiro atoms. The van der Waals surface area contributed by atoms with Crippen molar-refractivity contribution in [1.29, 1.82) is 0 Å². The standard InChI is InChI=1S/C16H21N3O3S/c20-23(21)19-15-5-1-12(2-6-15)11-18-14-7-3-13(4-8-14)16-17-9-10-22-16/h3-4,7-10,12,15,18-19H,1-2,5-6,11H2,(H,20,21)/p-1. The maximum atomic E-state index is 10.6. The number of aromatic nitrogens is 1. The van der Waals surface area contributed by atoms with Crippen molar-refractivity contribution in [2.75, 3.05) is 11.9 Å². The van der Waals surface area contributed by atoms with Gasteiger partial charge in [0.05, 0.1) is 6.20 Å². The summed E-state index contributed by atoms with van der Waals surface area (Å²) in [5.74, 6) is 1.21. The number of nitrogens with one attached hydrogen (secondary N) is 2. The zero-order chi connectivity index (χ0) is 16.1. The summed E-state index contributed by atoms with van der Waals surface area (Å²) in [5, 5.41) is 3.45. The minimum atomic E-state index is -2.15. The van der Waals surface area contributed by atoms with Gasteiger partial charge in [-0.3, -0.25) is 4.21 Å². The minimum absolute atomic E-state index is 0.102. The summed E-state index contributed by atoms with van der Waals surface area (Å²) in [5.41, 5.74) is 2.03. The summed E-state index contributed by atoms with van der Waals surface area (Å²) in [6.45, 7) is 0.908. The number of benzene rings is 1. The van der Waals surface area contributed by atoms with Crippen LogP contribution in [0, 0.1) is 5.92 Å². The molecule has 124 valence electrons. The van der Waals surface area contributed by atoms with Crippen LogP contribution in [0.2, 0.25) is 0 Å². The highest BCUT2D eigenvalue weighted by Gasteiger charge is 2.20. The molecule has 3 rings (SSSR count). The molecule has 2 aromatic rings. The molecular weight excluding hydrogens is 314 g/mol. The third-order valence-electron chi connectivity index (χ3n) is 4.27. The van der Waals surface area contributed by atoms with Crippen molar-refractivity contribution in [3.05, 3.63) is 36.7 Å². The molecule has 0 amide bonds. The Balaban J connectivity index is 1.45. The Labute approximate surface area is 138 Å². The van der Waals surface area contributed by atoms with Crippen molar-refractivity contribution in [3.8, 4) is 11.5 Å². The van der Waals surface area contributed by atoms with E-state index in [1.165, 1.54) is 0 Å². The van der Waals surface area contributed by atoms with Gasteiger partial charge < -0.3 is 14.3 Å². The predicted octanol–water partition coefficient (Wildman–Crippen LogP) is 2.70. The Bertz CT molecular complexity index is 623. The van der Waals surface area contributed by atoms with Crippen molar-refractivity contribution in [2.24, 2.45) is 5.92 Å². The molecule has 1 aromatic heterocycles. The Kier molecular flexibility index (Phi) is 5.43. The highest BCUT2D eigenvalue weighted by molar-refractivity contribution is 7.77. The van der Waals surface area contributed by atoms with Gasteiger partial charge >= 0.3 is 0 Å². The van der Waals surface area contributed by atoms with Crippen LogP contribution in [0.15, 0.2) is 41.1 Å². The van der Waals surface area contributed by atoms with E-state index in [1.54, 1.807) is 12.5 Å². The number of rotatable bonds is 6. The third kappa shape index (κ3) is 4.63. The number of oxazole rings is 1. The van der Waals surface area contributed by atoms with E-state index in [2.05, 4.69) is 15.0 Å². The van der Waals surface area contributed by atoms with Crippen LogP contribution in [0.5, 0.6) is 0 Å². The van der Waals surface area contributed by atoms with Gasteiger partial charge in [-0.1, -0.05) is 0 Å². The Hall–Kier alpha value is -1.70. The van der Waals surface area contributed by atoms with Crippen molar-refractivity contribution < 1.29 is 13.2 Å². The lowest BCUT2D eigenvalue weighted by atomic mass is 9.86.